The molecule has 29 heavy (non-hydrogen) atoms. The average molecular weight is 393 g/mol. The molecule has 6 nitrogen and oxygen atoms in total. The van der Waals surface area contributed by atoms with Gasteiger partial charge in [0, 0.05) is 18.3 Å². The first-order chi connectivity index (χ1) is 14.2. The molecule has 0 aromatic heterocycles. The summed E-state index contributed by atoms with van der Waals surface area (Å²) in [6.07, 6.45) is 0. The van der Waals surface area contributed by atoms with Crippen molar-refractivity contribution in [3.8, 4) is 39.9 Å². The first kappa shape index (κ1) is 18.8. The zero-order valence-corrected chi connectivity index (χ0v) is 16.7. The van der Waals surface area contributed by atoms with Gasteiger partial charge in [0.1, 0.15) is 0 Å². The maximum atomic E-state index is 5.45. The molecule has 0 saturated carbocycles. The van der Waals surface area contributed by atoms with E-state index in [4.69, 9.17) is 23.7 Å². The van der Waals surface area contributed by atoms with Gasteiger partial charge in [-0.2, -0.15) is 0 Å². The maximum absolute atomic E-state index is 5.45. The van der Waals surface area contributed by atoms with Crippen LogP contribution in [0.1, 0.15) is 5.56 Å². The minimum absolute atomic E-state index is 0.279. The highest BCUT2D eigenvalue weighted by Gasteiger charge is 2.15. The molecule has 1 heterocycles. The largest absolute Gasteiger partial charge is 0.493 e. The van der Waals surface area contributed by atoms with Crippen LogP contribution in [0.25, 0.3) is 11.1 Å². The molecule has 1 aliphatic rings. The molecule has 0 radical (unpaired) electrons. The molecule has 1 N–H and O–H groups in total. The van der Waals surface area contributed by atoms with Gasteiger partial charge in [-0.1, -0.05) is 24.3 Å². The van der Waals surface area contributed by atoms with E-state index in [1.165, 1.54) is 5.56 Å². The van der Waals surface area contributed by atoms with Crippen molar-refractivity contribution in [1.29, 1.82) is 0 Å². The Balaban J connectivity index is 1.49. The standard InChI is InChI=1S/C23H23NO5/c1-25-21-10-17(11-22(26-2)23(21)27-3)16-6-4-15(5-7-16)13-24-18-8-9-19-20(12-18)29-14-28-19/h4-12,24H,13-14H2,1-3H3. The highest BCUT2D eigenvalue weighted by atomic mass is 16.7. The maximum Gasteiger partial charge on any atom is 0.231 e. The summed E-state index contributed by atoms with van der Waals surface area (Å²) in [4.78, 5) is 0. The fourth-order valence-electron chi connectivity index (χ4n) is 3.27. The zero-order valence-electron chi connectivity index (χ0n) is 16.7. The van der Waals surface area contributed by atoms with Crippen LogP contribution in [0, 0.1) is 0 Å². The number of hydrogen-bond donors (Lipinski definition) is 1. The number of rotatable bonds is 7. The second-order valence-corrected chi connectivity index (χ2v) is 6.53. The van der Waals surface area contributed by atoms with E-state index in [0.717, 1.165) is 28.3 Å². The van der Waals surface area contributed by atoms with Crippen LogP contribution in [0.3, 0.4) is 0 Å². The van der Waals surface area contributed by atoms with E-state index in [-0.39, 0.29) is 6.79 Å². The Morgan fingerprint density at radius 1 is 0.759 bits per heavy atom. The number of ether oxygens (including phenoxy) is 5. The molecule has 0 spiro atoms. The monoisotopic (exact) mass is 393 g/mol. The lowest BCUT2D eigenvalue weighted by atomic mass is 10.0. The number of hydrogen-bond acceptors (Lipinski definition) is 6. The summed E-state index contributed by atoms with van der Waals surface area (Å²) < 4.78 is 27.1. The second-order valence-electron chi connectivity index (χ2n) is 6.53. The Morgan fingerprint density at radius 3 is 2.10 bits per heavy atom. The van der Waals surface area contributed by atoms with Crippen LogP contribution < -0.4 is 29.0 Å². The number of fused-ring (bicyclic) bond motifs is 1. The second kappa shape index (κ2) is 8.22. The third-order valence-electron chi connectivity index (χ3n) is 4.82. The lowest BCUT2D eigenvalue weighted by molar-refractivity contribution is 0.174. The third kappa shape index (κ3) is 3.87. The molecule has 0 unspecified atom stereocenters. The summed E-state index contributed by atoms with van der Waals surface area (Å²) in [6.45, 7) is 0.982. The van der Waals surface area contributed by atoms with Gasteiger partial charge in [0.2, 0.25) is 12.5 Å². The normalized spacial score (nSPS) is 11.8. The van der Waals surface area contributed by atoms with Crippen LogP contribution in [-0.4, -0.2) is 28.1 Å². The fraction of sp³-hybridized carbons (Fsp3) is 0.217. The van der Waals surface area contributed by atoms with Gasteiger partial charge in [-0.25, -0.2) is 0 Å². The van der Waals surface area contributed by atoms with Crippen LogP contribution in [0.15, 0.2) is 54.6 Å². The predicted molar refractivity (Wildman–Crippen MR) is 111 cm³/mol. The van der Waals surface area contributed by atoms with Crippen LogP contribution in [-0.2, 0) is 6.54 Å². The molecule has 3 aromatic carbocycles. The van der Waals surface area contributed by atoms with Crippen molar-refractivity contribution in [2.75, 3.05) is 33.4 Å². The van der Waals surface area contributed by atoms with Gasteiger partial charge in [-0.3, -0.25) is 0 Å². The lowest BCUT2D eigenvalue weighted by Gasteiger charge is -2.14. The molecule has 0 atom stereocenters. The number of methoxy groups -OCH3 is 3. The van der Waals surface area contributed by atoms with E-state index < -0.39 is 0 Å². The summed E-state index contributed by atoms with van der Waals surface area (Å²) in [5, 5.41) is 3.41. The first-order valence-electron chi connectivity index (χ1n) is 9.24. The number of anilines is 1. The molecule has 0 fully saturated rings. The average Bonchev–Trinajstić information content (AvgIpc) is 3.25. The van der Waals surface area contributed by atoms with Crippen molar-refractivity contribution in [3.63, 3.8) is 0 Å². The molecule has 4 rings (SSSR count). The smallest absolute Gasteiger partial charge is 0.231 e. The highest BCUT2D eigenvalue weighted by Crippen LogP contribution is 2.41. The number of nitrogens with one attached hydrogen (secondary N) is 1. The third-order valence-corrected chi connectivity index (χ3v) is 4.82. The van der Waals surface area contributed by atoms with Gasteiger partial charge in [-0.15, -0.1) is 0 Å². The van der Waals surface area contributed by atoms with E-state index in [1.807, 2.05) is 30.3 Å². The van der Waals surface area contributed by atoms with E-state index >= 15 is 0 Å². The number of benzene rings is 3. The molecular weight excluding hydrogens is 370 g/mol. The van der Waals surface area contributed by atoms with Gasteiger partial charge in [0.25, 0.3) is 0 Å². The van der Waals surface area contributed by atoms with Crippen LogP contribution in [0.5, 0.6) is 28.7 Å². The summed E-state index contributed by atoms with van der Waals surface area (Å²) in [5.41, 5.74) is 4.22. The molecule has 3 aromatic rings. The van der Waals surface area contributed by atoms with E-state index in [9.17, 15) is 0 Å². The topological polar surface area (TPSA) is 58.2 Å². The summed E-state index contributed by atoms with van der Waals surface area (Å²) in [6, 6.07) is 18.1. The van der Waals surface area contributed by atoms with Crippen molar-refractivity contribution in [2.24, 2.45) is 0 Å². The van der Waals surface area contributed by atoms with Gasteiger partial charge >= 0.3 is 0 Å². The van der Waals surface area contributed by atoms with Crippen molar-refractivity contribution in [2.45, 2.75) is 6.54 Å². The fourth-order valence-corrected chi connectivity index (χ4v) is 3.27. The first-order valence-corrected chi connectivity index (χ1v) is 9.24. The minimum Gasteiger partial charge on any atom is -0.493 e. The Bertz CT molecular complexity index is 976. The molecule has 0 aliphatic carbocycles. The Labute approximate surface area is 169 Å². The minimum atomic E-state index is 0.279. The van der Waals surface area contributed by atoms with Crippen molar-refractivity contribution in [1.82, 2.24) is 0 Å². The molecule has 1 aliphatic heterocycles. The van der Waals surface area contributed by atoms with Crippen LogP contribution in [0.2, 0.25) is 0 Å². The molecule has 0 saturated heterocycles. The quantitative estimate of drug-likeness (QED) is 0.627. The molecule has 6 heteroatoms. The van der Waals surface area contributed by atoms with Crippen molar-refractivity contribution < 1.29 is 23.7 Å². The van der Waals surface area contributed by atoms with E-state index in [2.05, 4.69) is 29.6 Å². The Kier molecular flexibility index (Phi) is 5.33. The predicted octanol–water partition coefficient (Wildman–Crippen LogP) is 4.72. The molecule has 0 amide bonds. The van der Waals surface area contributed by atoms with Crippen molar-refractivity contribution in [3.05, 3.63) is 60.2 Å². The molecule has 150 valence electrons. The molecule has 0 bridgehead atoms. The van der Waals surface area contributed by atoms with E-state index in [1.54, 1.807) is 21.3 Å². The van der Waals surface area contributed by atoms with Gasteiger partial charge in [-0.05, 0) is 41.0 Å². The highest BCUT2D eigenvalue weighted by molar-refractivity contribution is 5.71. The summed E-state index contributed by atoms with van der Waals surface area (Å²) in [5.74, 6) is 3.41. The van der Waals surface area contributed by atoms with E-state index in [0.29, 0.717) is 23.8 Å². The Hall–Kier alpha value is -3.54. The van der Waals surface area contributed by atoms with Crippen LogP contribution in [0.4, 0.5) is 5.69 Å². The van der Waals surface area contributed by atoms with Crippen molar-refractivity contribution >= 4 is 5.69 Å². The molecular formula is C23H23NO5. The summed E-state index contributed by atoms with van der Waals surface area (Å²) in [7, 11) is 4.83. The van der Waals surface area contributed by atoms with Gasteiger partial charge in [0.05, 0.1) is 21.3 Å². The van der Waals surface area contributed by atoms with Gasteiger partial charge < -0.3 is 29.0 Å². The summed E-state index contributed by atoms with van der Waals surface area (Å²) >= 11 is 0. The van der Waals surface area contributed by atoms with Gasteiger partial charge in [0.15, 0.2) is 23.0 Å². The SMILES string of the molecule is COc1cc(-c2ccc(CNc3ccc4c(c3)OCO4)cc2)cc(OC)c1OC. The Morgan fingerprint density at radius 2 is 1.45 bits per heavy atom. The zero-order chi connectivity index (χ0) is 20.2. The lowest BCUT2D eigenvalue weighted by Crippen LogP contribution is -1.99. The van der Waals surface area contributed by atoms with Crippen LogP contribution >= 0.6 is 0 Å².